The summed E-state index contributed by atoms with van der Waals surface area (Å²) in [5.41, 5.74) is 7.13. The van der Waals surface area contributed by atoms with E-state index in [2.05, 4.69) is 6.07 Å². The topological polar surface area (TPSA) is 121 Å². The molecule has 9 heteroatoms. The van der Waals surface area contributed by atoms with E-state index in [0.717, 1.165) is 0 Å². The fourth-order valence-corrected chi connectivity index (χ4v) is 4.69. The Kier molecular flexibility index (Phi) is 5.63. The lowest BCUT2D eigenvalue weighted by Crippen LogP contribution is -2.26. The molecule has 0 saturated carbocycles. The molecule has 0 amide bonds. The first-order valence-electron chi connectivity index (χ1n) is 11.5. The second-order valence-corrected chi connectivity index (χ2v) is 8.99. The quantitative estimate of drug-likeness (QED) is 0.284. The minimum absolute atomic E-state index is 0.0325. The highest BCUT2D eigenvalue weighted by atomic mass is 35.5. The molecule has 186 valence electrons. The molecule has 8 nitrogen and oxygen atoms in total. The predicted molar refractivity (Wildman–Crippen MR) is 142 cm³/mol. The van der Waals surface area contributed by atoms with Gasteiger partial charge in [-0.1, -0.05) is 23.7 Å². The molecule has 1 aliphatic rings. The zero-order valence-corrected chi connectivity index (χ0v) is 20.7. The van der Waals surface area contributed by atoms with E-state index in [-0.39, 0.29) is 28.6 Å². The maximum atomic E-state index is 13.4. The number of halogens is 1. The number of para-hydroxylation sites is 1. The van der Waals surface area contributed by atoms with Crippen LogP contribution in [0.4, 0.5) is 0 Å². The number of ether oxygens (including phenoxy) is 3. The number of pyridine rings is 1. The summed E-state index contributed by atoms with van der Waals surface area (Å²) in [6.45, 7) is 0. The van der Waals surface area contributed by atoms with Crippen LogP contribution in [0.5, 0.6) is 23.1 Å². The molecule has 0 aliphatic carbocycles. The van der Waals surface area contributed by atoms with Gasteiger partial charge in [-0.25, -0.2) is 9.78 Å². The summed E-state index contributed by atoms with van der Waals surface area (Å²) in [6.07, 6.45) is 0. The molecule has 1 unspecified atom stereocenters. The highest BCUT2D eigenvalue weighted by Crippen LogP contribution is 2.46. The molecular formula is C29H18ClN3O5. The third-order valence-electron chi connectivity index (χ3n) is 6.33. The van der Waals surface area contributed by atoms with Gasteiger partial charge >= 0.3 is 5.63 Å². The number of rotatable bonds is 4. The molecule has 2 N–H and O–H groups in total. The molecule has 0 saturated heterocycles. The third kappa shape index (κ3) is 3.86. The Hall–Kier alpha value is -5.00. The van der Waals surface area contributed by atoms with Crippen molar-refractivity contribution in [1.29, 1.82) is 5.26 Å². The summed E-state index contributed by atoms with van der Waals surface area (Å²) < 4.78 is 23.1. The largest absolute Gasteiger partial charge is 0.497 e. The Balaban J connectivity index is 1.66. The first-order chi connectivity index (χ1) is 18.5. The average molecular weight is 524 g/mol. The lowest BCUT2D eigenvalue weighted by Gasteiger charge is -2.27. The zero-order chi connectivity index (χ0) is 26.4. The van der Waals surface area contributed by atoms with Crippen LogP contribution in [0.15, 0.2) is 93.5 Å². The van der Waals surface area contributed by atoms with Crippen molar-refractivity contribution in [3.63, 3.8) is 0 Å². The van der Waals surface area contributed by atoms with E-state index in [9.17, 15) is 10.1 Å². The zero-order valence-electron chi connectivity index (χ0n) is 19.9. The number of methoxy groups -OCH3 is 1. The van der Waals surface area contributed by atoms with Gasteiger partial charge in [-0.2, -0.15) is 5.26 Å². The minimum Gasteiger partial charge on any atom is -0.497 e. The van der Waals surface area contributed by atoms with Crippen molar-refractivity contribution in [3.8, 4) is 29.2 Å². The molecule has 0 bridgehead atoms. The van der Waals surface area contributed by atoms with Crippen molar-refractivity contribution >= 4 is 33.5 Å². The Bertz CT molecular complexity index is 1870. The van der Waals surface area contributed by atoms with Crippen LogP contribution in [0.3, 0.4) is 0 Å². The highest BCUT2D eigenvalue weighted by molar-refractivity contribution is 6.30. The highest BCUT2D eigenvalue weighted by Gasteiger charge is 2.38. The van der Waals surface area contributed by atoms with Crippen molar-refractivity contribution < 1.29 is 18.6 Å². The van der Waals surface area contributed by atoms with Crippen LogP contribution in [0.2, 0.25) is 5.02 Å². The predicted octanol–water partition coefficient (Wildman–Crippen LogP) is 6.01. The van der Waals surface area contributed by atoms with Crippen LogP contribution >= 0.6 is 11.6 Å². The van der Waals surface area contributed by atoms with Gasteiger partial charge < -0.3 is 24.4 Å². The van der Waals surface area contributed by atoms with Gasteiger partial charge in [0.05, 0.1) is 29.5 Å². The summed E-state index contributed by atoms with van der Waals surface area (Å²) in [6, 6.07) is 23.0. The normalized spacial score (nSPS) is 14.6. The Morgan fingerprint density at radius 2 is 1.82 bits per heavy atom. The van der Waals surface area contributed by atoms with Crippen molar-refractivity contribution in [2.75, 3.05) is 7.11 Å². The van der Waals surface area contributed by atoms with E-state index in [4.69, 9.17) is 40.9 Å². The van der Waals surface area contributed by atoms with Crippen molar-refractivity contribution in [2.24, 2.45) is 5.73 Å². The number of aromatic nitrogens is 1. The molecule has 0 spiro atoms. The van der Waals surface area contributed by atoms with Crippen molar-refractivity contribution in [1.82, 2.24) is 4.98 Å². The number of nitrogens with zero attached hydrogens (tertiary/aromatic N) is 2. The molecular weight excluding hydrogens is 506 g/mol. The standard InChI is InChI=1S/C29H18ClN3O5/c1-35-18-10-11-22-15(12-18)13-20(28(33-22)36-17-8-6-16(30)7-9-17)24-21(14-31)27(32)38-26-19-4-2-3-5-23(19)37-29(34)25(24)26/h2-13,24H,32H2,1H3. The van der Waals surface area contributed by atoms with E-state index in [0.29, 0.717) is 44.0 Å². The number of nitrogens with two attached hydrogens (primary N) is 1. The van der Waals surface area contributed by atoms with E-state index in [1.54, 1.807) is 79.9 Å². The van der Waals surface area contributed by atoms with Gasteiger partial charge in [-0.3, -0.25) is 0 Å². The molecule has 0 fully saturated rings. The first kappa shape index (κ1) is 23.4. The van der Waals surface area contributed by atoms with E-state index in [1.165, 1.54) is 0 Å². The lowest BCUT2D eigenvalue weighted by atomic mass is 9.83. The summed E-state index contributed by atoms with van der Waals surface area (Å²) in [5, 5.41) is 11.9. The molecule has 1 aliphatic heterocycles. The first-order valence-corrected chi connectivity index (χ1v) is 11.9. The van der Waals surface area contributed by atoms with Crippen LogP contribution in [0.25, 0.3) is 21.9 Å². The van der Waals surface area contributed by atoms with Crippen molar-refractivity contribution in [3.05, 3.63) is 111 Å². The average Bonchev–Trinajstić information content (AvgIpc) is 2.93. The SMILES string of the molecule is COc1ccc2nc(Oc3ccc(Cl)cc3)c(C3C(C#N)=C(N)Oc4c3c(=O)oc3ccccc43)cc2c1. The Morgan fingerprint density at radius 1 is 1.05 bits per heavy atom. The van der Waals surface area contributed by atoms with Crippen LogP contribution in [0, 0.1) is 11.3 Å². The number of hydrogen-bond donors (Lipinski definition) is 1. The monoisotopic (exact) mass is 523 g/mol. The maximum absolute atomic E-state index is 13.4. The Morgan fingerprint density at radius 3 is 2.58 bits per heavy atom. The summed E-state index contributed by atoms with van der Waals surface area (Å²) >= 11 is 6.05. The number of allylic oxidation sites excluding steroid dienone is 1. The van der Waals surface area contributed by atoms with E-state index >= 15 is 0 Å². The fraction of sp³-hybridized carbons (Fsp3) is 0.0690. The minimum atomic E-state index is -0.977. The van der Waals surface area contributed by atoms with E-state index in [1.807, 2.05) is 0 Å². The number of nitriles is 1. The van der Waals surface area contributed by atoms with Crippen LogP contribution in [0.1, 0.15) is 17.0 Å². The molecule has 6 rings (SSSR count). The summed E-state index contributed by atoms with van der Waals surface area (Å²) in [5.74, 6) is 0.380. The molecule has 5 aromatic rings. The molecule has 3 aromatic carbocycles. The number of fused-ring (bicyclic) bond motifs is 4. The van der Waals surface area contributed by atoms with Gasteiger partial charge in [0.25, 0.3) is 0 Å². The molecule has 1 atom stereocenters. The van der Waals surface area contributed by atoms with Gasteiger partial charge in [-0.15, -0.1) is 0 Å². The van der Waals surface area contributed by atoms with Gasteiger partial charge in [0, 0.05) is 16.0 Å². The second kappa shape index (κ2) is 9.14. The van der Waals surface area contributed by atoms with Gasteiger partial charge in [0.2, 0.25) is 11.8 Å². The lowest BCUT2D eigenvalue weighted by molar-refractivity contribution is 0.385. The van der Waals surface area contributed by atoms with Gasteiger partial charge in [0.1, 0.15) is 28.7 Å². The van der Waals surface area contributed by atoms with Crippen LogP contribution < -0.4 is 25.6 Å². The van der Waals surface area contributed by atoms with E-state index < -0.39 is 11.5 Å². The summed E-state index contributed by atoms with van der Waals surface area (Å²) in [7, 11) is 1.57. The Labute approximate surface area is 221 Å². The number of hydrogen-bond acceptors (Lipinski definition) is 8. The molecule has 3 heterocycles. The second-order valence-electron chi connectivity index (χ2n) is 8.55. The van der Waals surface area contributed by atoms with Crippen molar-refractivity contribution in [2.45, 2.75) is 5.92 Å². The summed E-state index contributed by atoms with van der Waals surface area (Å²) in [4.78, 5) is 18.1. The molecule has 0 radical (unpaired) electrons. The van der Waals surface area contributed by atoms with Crippen LogP contribution in [-0.4, -0.2) is 12.1 Å². The number of benzene rings is 3. The smallest absolute Gasteiger partial charge is 0.344 e. The van der Waals surface area contributed by atoms with Gasteiger partial charge in [-0.05, 0) is 60.7 Å². The van der Waals surface area contributed by atoms with Gasteiger partial charge in [0.15, 0.2) is 5.75 Å². The maximum Gasteiger partial charge on any atom is 0.344 e. The van der Waals surface area contributed by atoms with Crippen LogP contribution in [-0.2, 0) is 0 Å². The molecule has 2 aromatic heterocycles. The molecule has 38 heavy (non-hydrogen) atoms. The fourth-order valence-electron chi connectivity index (χ4n) is 4.56. The third-order valence-corrected chi connectivity index (χ3v) is 6.58.